The van der Waals surface area contributed by atoms with E-state index in [1.165, 1.54) is 6.20 Å². The second-order valence-corrected chi connectivity index (χ2v) is 5.88. The highest BCUT2D eigenvalue weighted by molar-refractivity contribution is 6.03. The molecule has 0 unspecified atom stereocenters. The monoisotopic (exact) mass is 345 g/mol. The molecule has 3 N–H and O–H groups in total. The first-order valence-electron chi connectivity index (χ1n) is 7.57. The van der Waals surface area contributed by atoms with E-state index in [4.69, 9.17) is 0 Å². The minimum atomic E-state index is -0.875. The number of hydrogen-bond donors (Lipinski definition) is 3. The molecule has 0 atom stereocenters. The van der Waals surface area contributed by atoms with Crippen LogP contribution >= 0.6 is 0 Å². The molecule has 0 aliphatic heterocycles. The van der Waals surface area contributed by atoms with Crippen LogP contribution in [0.3, 0.4) is 0 Å². The molecule has 1 amide bonds. The first-order valence-corrected chi connectivity index (χ1v) is 7.57. The number of aliphatic hydroxyl groups excluding tert-OH is 2. The van der Waals surface area contributed by atoms with Crippen molar-refractivity contribution in [1.29, 1.82) is 0 Å². The van der Waals surface area contributed by atoms with Gasteiger partial charge in [0, 0.05) is 17.2 Å². The van der Waals surface area contributed by atoms with Crippen LogP contribution in [0, 0.1) is 11.2 Å². The number of benzene rings is 1. The summed E-state index contributed by atoms with van der Waals surface area (Å²) in [4.78, 5) is 27.6. The van der Waals surface area contributed by atoms with Gasteiger partial charge in [0.05, 0.1) is 19.4 Å². The fraction of sp³-hybridized carbons (Fsp3) is 0.235. The molecule has 1 heterocycles. The molecule has 8 heteroatoms. The van der Waals surface area contributed by atoms with Gasteiger partial charge in [-0.15, -0.1) is 0 Å². The molecule has 0 radical (unpaired) electrons. The van der Waals surface area contributed by atoms with E-state index in [1.807, 2.05) is 0 Å². The van der Waals surface area contributed by atoms with Gasteiger partial charge in [0.25, 0.3) is 5.91 Å². The number of nitrogens with one attached hydrogen (secondary N) is 1. The normalized spacial score (nSPS) is 16.7. The molecular formula is C17H16FN3O4. The first kappa shape index (κ1) is 17.0. The molecule has 2 aromatic rings. The Morgan fingerprint density at radius 2 is 2.00 bits per heavy atom. The van der Waals surface area contributed by atoms with Gasteiger partial charge in [-0.3, -0.25) is 9.36 Å². The van der Waals surface area contributed by atoms with Crippen LogP contribution in [0.25, 0.3) is 6.20 Å². The van der Waals surface area contributed by atoms with E-state index in [0.29, 0.717) is 17.6 Å². The molecule has 1 fully saturated rings. The smallest absolute Gasteiger partial charge is 0.353 e. The van der Waals surface area contributed by atoms with Crippen molar-refractivity contribution in [3.8, 4) is 0 Å². The summed E-state index contributed by atoms with van der Waals surface area (Å²) in [6.45, 7) is -0.517. The number of aromatic nitrogens is 2. The van der Waals surface area contributed by atoms with Crippen molar-refractivity contribution < 1.29 is 19.4 Å². The summed E-state index contributed by atoms with van der Waals surface area (Å²) in [6.07, 6.45) is 2.66. The topological polar surface area (TPSA) is 104 Å². The fourth-order valence-corrected chi connectivity index (χ4v) is 2.43. The molecule has 25 heavy (non-hydrogen) atoms. The van der Waals surface area contributed by atoms with Crippen LogP contribution in [0.1, 0.15) is 16.8 Å². The van der Waals surface area contributed by atoms with Gasteiger partial charge in [-0.1, -0.05) is 18.2 Å². The van der Waals surface area contributed by atoms with Crippen LogP contribution in [-0.2, 0) is 0 Å². The summed E-state index contributed by atoms with van der Waals surface area (Å²) in [7, 11) is 0. The zero-order valence-corrected chi connectivity index (χ0v) is 13.1. The molecule has 1 aromatic heterocycles. The van der Waals surface area contributed by atoms with E-state index in [2.05, 4.69) is 10.3 Å². The van der Waals surface area contributed by atoms with E-state index >= 15 is 0 Å². The number of carbonyl (C=O) groups is 1. The first-order chi connectivity index (χ1) is 12.0. The Morgan fingerprint density at radius 3 is 2.60 bits per heavy atom. The van der Waals surface area contributed by atoms with E-state index < -0.39 is 28.6 Å². The average molecular weight is 345 g/mol. The van der Waals surface area contributed by atoms with Crippen molar-refractivity contribution in [3.63, 3.8) is 0 Å². The maximum absolute atomic E-state index is 14.2. The fourth-order valence-electron chi connectivity index (χ4n) is 2.43. The van der Waals surface area contributed by atoms with E-state index in [9.17, 15) is 24.2 Å². The molecule has 1 aliphatic rings. The van der Waals surface area contributed by atoms with Crippen LogP contribution in [0.2, 0.25) is 0 Å². The van der Waals surface area contributed by atoms with Crippen molar-refractivity contribution in [2.75, 3.05) is 18.5 Å². The Kier molecular flexibility index (Phi) is 4.47. The largest absolute Gasteiger partial charge is 0.395 e. The number of nitrogens with zero attached hydrogens (tertiary/aromatic N) is 2. The van der Waals surface area contributed by atoms with Crippen molar-refractivity contribution in [2.45, 2.75) is 6.42 Å². The van der Waals surface area contributed by atoms with Gasteiger partial charge in [0.15, 0.2) is 11.6 Å². The Balaban J connectivity index is 1.83. The maximum Gasteiger partial charge on any atom is 0.353 e. The molecule has 0 bridgehead atoms. The van der Waals surface area contributed by atoms with Crippen molar-refractivity contribution >= 4 is 17.9 Å². The van der Waals surface area contributed by atoms with Crippen LogP contribution < -0.4 is 11.0 Å². The summed E-state index contributed by atoms with van der Waals surface area (Å²) in [6, 6.07) is 8.16. The predicted molar refractivity (Wildman–Crippen MR) is 88.3 cm³/mol. The number of hydrogen-bond acceptors (Lipinski definition) is 5. The number of amides is 1. The Labute approximate surface area is 142 Å². The second kappa shape index (κ2) is 6.58. The van der Waals surface area contributed by atoms with Crippen LogP contribution in [0.15, 0.2) is 46.9 Å². The van der Waals surface area contributed by atoms with Crippen LogP contribution in [0.4, 0.5) is 10.2 Å². The maximum atomic E-state index is 14.2. The SMILES string of the molecule is O=C(Nc1nc(=O)n(C=C2CC2(CO)CO)cc1F)c1ccccc1. The van der Waals surface area contributed by atoms with Gasteiger partial charge in [0.2, 0.25) is 0 Å². The van der Waals surface area contributed by atoms with Gasteiger partial charge in [-0.05, 0) is 24.1 Å². The predicted octanol–water partition coefficient (Wildman–Crippen LogP) is 0.850. The number of rotatable bonds is 5. The summed E-state index contributed by atoms with van der Waals surface area (Å²) in [5.74, 6) is -1.91. The highest BCUT2D eigenvalue weighted by Crippen LogP contribution is 2.51. The lowest BCUT2D eigenvalue weighted by Crippen LogP contribution is -2.24. The molecule has 0 spiro atoms. The third kappa shape index (κ3) is 3.35. The van der Waals surface area contributed by atoms with Gasteiger partial charge < -0.3 is 15.5 Å². The Bertz CT molecular complexity index is 889. The summed E-state index contributed by atoms with van der Waals surface area (Å²) in [5.41, 5.74) is -0.602. The van der Waals surface area contributed by atoms with E-state index in [-0.39, 0.29) is 13.2 Å². The quantitative estimate of drug-likeness (QED) is 0.745. The van der Waals surface area contributed by atoms with E-state index in [0.717, 1.165) is 10.8 Å². The lowest BCUT2D eigenvalue weighted by atomic mass is 10.1. The number of aliphatic hydroxyl groups is 2. The molecular weight excluding hydrogens is 329 g/mol. The molecule has 1 saturated carbocycles. The molecule has 1 aromatic carbocycles. The summed E-state index contributed by atoms with van der Waals surface area (Å²) in [5, 5.41) is 20.8. The van der Waals surface area contributed by atoms with Gasteiger partial charge in [0.1, 0.15) is 0 Å². The van der Waals surface area contributed by atoms with Crippen molar-refractivity contribution in [1.82, 2.24) is 9.55 Å². The summed E-state index contributed by atoms with van der Waals surface area (Å²) < 4.78 is 15.1. The third-order valence-corrected chi connectivity index (χ3v) is 4.16. The van der Waals surface area contributed by atoms with Crippen LogP contribution in [-0.4, -0.2) is 38.9 Å². The van der Waals surface area contributed by atoms with E-state index in [1.54, 1.807) is 30.3 Å². The average Bonchev–Trinajstić information content (AvgIpc) is 3.33. The minimum Gasteiger partial charge on any atom is -0.395 e. The Morgan fingerprint density at radius 1 is 1.32 bits per heavy atom. The number of carbonyl (C=O) groups excluding carboxylic acids is 1. The van der Waals surface area contributed by atoms with Crippen molar-refractivity contribution in [2.24, 2.45) is 5.41 Å². The van der Waals surface area contributed by atoms with Crippen molar-refractivity contribution in [3.05, 3.63) is 64.0 Å². The molecule has 130 valence electrons. The zero-order valence-electron chi connectivity index (χ0n) is 13.1. The standard InChI is InChI=1S/C17H16FN3O4/c18-13-8-21(7-12-6-17(12,9-22)10-23)16(25)20-14(13)19-15(24)11-4-2-1-3-5-11/h1-5,7-8,22-23H,6,9-10H2,(H,19,20,24,25). The molecule has 1 aliphatic carbocycles. The molecule has 0 saturated heterocycles. The lowest BCUT2D eigenvalue weighted by Gasteiger charge is -2.07. The number of halogens is 1. The molecule has 3 rings (SSSR count). The number of anilines is 1. The minimum absolute atomic E-state index is 0.259. The summed E-state index contributed by atoms with van der Waals surface area (Å²) >= 11 is 0. The Hall–Kier alpha value is -2.84. The zero-order chi connectivity index (χ0) is 18.0. The van der Waals surface area contributed by atoms with Gasteiger partial charge >= 0.3 is 5.69 Å². The second-order valence-electron chi connectivity index (χ2n) is 5.88. The highest BCUT2D eigenvalue weighted by atomic mass is 19.1. The third-order valence-electron chi connectivity index (χ3n) is 4.16. The van der Waals surface area contributed by atoms with Gasteiger partial charge in [-0.25, -0.2) is 9.18 Å². The van der Waals surface area contributed by atoms with Crippen LogP contribution in [0.5, 0.6) is 0 Å². The lowest BCUT2D eigenvalue weighted by molar-refractivity contribution is 0.102. The molecule has 7 nitrogen and oxygen atoms in total. The highest BCUT2D eigenvalue weighted by Gasteiger charge is 2.48. The van der Waals surface area contributed by atoms with Gasteiger partial charge in [-0.2, -0.15) is 4.98 Å².